The molecule has 0 aromatic heterocycles. The zero-order valence-electron chi connectivity index (χ0n) is 31.2. The van der Waals surface area contributed by atoms with Crippen molar-refractivity contribution in [3.63, 3.8) is 0 Å². The number of hydrogen-bond acceptors (Lipinski definition) is 11. The molecule has 57 heavy (non-hydrogen) atoms. The first-order chi connectivity index (χ1) is 26.8. The summed E-state index contributed by atoms with van der Waals surface area (Å²) < 4.78 is 82.8. The average molecular weight is 850 g/mol. The lowest BCUT2D eigenvalue weighted by atomic mass is 10.1. The van der Waals surface area contributed by atoms with E-state index in [2.05, 4.69) is 34.8 Å². The van der Waals surface area contributed by atoms with Crippen molar-refractivity contribution in [3.8, 4) is 0 Å². The first-order valence-electron chi connectivity index (χ1n) is 17.4. The predicted molar refractivity (Wildman–Crippen MR) is 213 cm³/mol. The van der Waals surface area contributed by atoms with Gasteiger partial charge in [0.05, 0.1) is 22.1 Å². The van der Waals surface area contributed by atoms with Crippen molar-refractivity contribution in [2.45, 2.75) is 67.2 Å². The summed E-state index contributed by atoms with van der Waals surface area (Å²) in [4.78, 5) is 45.6. The van der Waals surface area contributed by atoms with Crippen LogP contribution in [0.25, 0.3) is 0 Å². The van der Waals surface area contributed by atoms with E-state index in [0.29, 0.717) is 5.56 Å². The molecule has 0 bridgehead atoms. The second-order valence-corrected chi connectivity index (χ2v) is 17.9. The molecule has 19 nitrogen and oxygen atoms in total. The zero-order valence-corrected chi connectivity index (χ0v) is 33.7. The molecular weight excluding hydrogens is 803 g/mol. The number of guanidine groups is 2. The van der Waals surface area contributed by atoms with Crippen LogP contribution in [0, 0.1) is 13.8 Å². The predicted octanol–water partition coefficient (Wildman–Crippen LogP) is -0.0762. The Hall–Kier alpha value is -5.58. The lowest BCUT2D eigenvalue weighted by molar-refractivity contribution is -0.142. The van der Waals surface area contributed by atoms with Crippen molar-refractivity contribution in [1.82, 2.24) is 24.8 Å². The maximum atomic E-state index is 13.2. The molecule has 310 valence electrons. The average Bonchev–Trinajstić information content (AvgIpc) is 3.13. The molecule has 10 N–H and O–H groups in total. The van der Waals surface area contributed by atoms with Gasteiger partial charge in [-0.15, -0.1) is 0 Å². The fraction of sp³-hybridized carbons (Fsp3) is 0.343. The Morgan fingerprint density at radius 1 is 0.684 bits per heavy atom. The summed E-state index contributed by atoms with van der Waals surface area (Å²) >= 11 is 0. The van der Waals surface area contributed by atoms with Crippen LogP contribution in [0.2, 0.25) is 0 Å². The largest absolute Gasteiger partial charge is 0.480 e. The number of nitrogens with two attached hydrogens (primary N) is 2. The summed E-state index contributed by atoms with van der Waals surface area (Å²) in [5, 5.41) is 14.2. The number of sulfonamides is 3. The van der Waals surface area contributed by atoms with Gasteiger partial charge in [-0.1, -0.05) is 65.7 Å². The number of hydrogen-bond donors (Lipinski definition) is 8. The Labute approximate surface area is 332 Å². The molecule has 0 aliphatic rings. The van der Waals surface area contributed by atoms with Crippen LogP contribution in [0.3, 0.4) is 0 Å². The number of carbonyl (C=O) groups excluding carboxylic acids is 2. The van der Waals surface area contributed by atoms with E-state index in [9.17, 15) is 44.7 Å². The maximum absolute atomic E-state index is 13.2. The number of amides is 2. The van der Waals surface area contributed by atoms with E-state index in [-0.39, 0.29) is 48.6 Å². The van der Waals surface area contributed by atoms with Gasteiger partial charge in [0.15, 0.2) is 0 Å². The van der Waals surface area contributed by atoms with E-state index in [1.807, 2.05) is 0 Å². The molecule has 0 aliphatic carbocycles. The summed E-state index contributed by atoms with van der Waals surface area (Å²) in [5.41, 5.74) is 13.6. The van der Waals surface area contributed by atoms with Crippen molar-refractivity contribution >= 4 is 59.8 Å². The molecule has 0 saturated heterocycles. The molecule has 3 aromatic carbocycles. The monoisotopic (exact) mass is 849 g/mol. The Kier molecular flexibility index (Phi) is 16.9. The Morgan fingerprint density at radius 3 is 1.60 bits per heavy atom. The van der Waals surface area contributed by atoms with Gasteiger partial charge in [-0.2, -0.15) is 0 Å². The number of nitrogens with one attached hydrogen (secondary N) is 5. The molecule has 22 heteroatoms. The van der Waals surface area contributed by atoms with Gasteiger partial charge in [-0.3, -0.25) is 19.6 Å². The Morgan fingerprint density at radius 2 is 1.14 bits per heavy atom. The minimum absolute atomic E-state index is 0.0282. The summed E-state index contributed by atoms with van der Waals surface area (Å²) in [5.74, 6) is -4.49. The Balaban J connectivity index is 1.57. The number of aliphatic imine (C=N–C) groups is 2. The van der Waals surface area contributed by atoms with E-state index in [0.717, 1.165) is 11.1 Å². The minimum atomic E-state index is -4.10. The van der Waals surface area contributed by atoms with E-state index < -0.39 is 84.2 Å². The van der Waals surface area contributed by atoms with E-state index >= 15 is 0 Å². The number of nitrogens with zero attached hydrogens (tertiary/aromatic N) is 2. The molecule has 2 amide bonds. The van der Waals surface area contributed by atoms with E-state index in [4.69, 9.17) is 11.5 Å². The number of carbonyl (C=O) groups is 3. The second-order valence-electron chi connectivity index (χ2n) is 12.7. The lowest BCUT2D eigenvalue weighted by Crippen LogP contribution is -2.51. The van der Waals surface area contributed by atoms with Gasteiger partial charge in [-0.05, 0) is 69.4 Å². The quantitative estimate of drug-likeness (QED) is 0.0397. The van der Waals surface area contributed by atoms with Crippen molar-refractivity contribution in [2.75, 3.05) is 19.6 Å². The molecule has 0 unspecified atom stereocenters. The number of rotatable bonds is 21. The topological polar surface area (TPSA) is 311 Å². The van der Waals surface area contributed by atoms with Crippen LogP contribution in [0.15, 0.2) is 98.6 Å². The fourth-order valence-corrected chi connectivity index (χ4v) is 8.25. The van der Waals surface area contributed by atoms with Crippen LogP contribution >= 0.6 is 0 Å². The summed E-state index contributed by atoms with van der Waals surface area (Å²) in [6, 6.07) is 17.4. The van der Waals surface area contributed by atoms with Gasteiger partial charge in [0.1, 0.15) is 12.1 Å². The molecule has 0 radical (unpaired) electrons. The third-order valence-corrected chi connectivity index (χ3v) is 12.0. The highest BCUT2D eigenvalue weighted by Crippen LogP contribution is 2.12. The van der Waals surface area contributed by atoms with Crippen LogP contribution in [0.1, 0.15) is 42.4 Å². The third kappa shape index (κ3) is 16.2. The highest BCUT2D eigenvalue weighted by Gasteiger charge is 2.26. The van der Waals surface area contributed by atoms with Crippen LogP contribution in [-0.2, 0) is 50.2 Å². The van der Waals surface area contributed by atoms with Gasteiger partial charge >= 0.3 is 5.97 Å². The molecule has 0 saturated carbocycles. The first kappa shape index (κ1) is 45.8. The summed E-state index contributed by atoms with van der Waals surface area (Å²) in [6.45, 7) is 2.69. The van der Waals surface area contributed by atoms with Crippen molar-refractivity contribution < 1.29 is 44.7 Å². The minimum Gasteiger partial charge on any atom is -0.480 e. The van der Waals surface area contributed by atoms with Crippen molar-refractivity contribution in [2.24, 2.45) is 21.5 Å². The molecule has 0 fully saturated rings. The molecule has 3 aromatic rings. The lowest BCUT2D eigenvalue weighted by Gasteiger charge is -2.19. The molecule has 2 atom stereocenters. The number of aryl methyl sites for hydroxylation is 2. The van der Waals surface area contributed by atoms with Gasteiger partial charge in [-0.25, -0.2) is 44.2 Å². The maximum Gasteiger partial charge on any atom is 0.326 e. The van der Waals surface area contributed by atoms with Crippen LogP contribution in [0.4, 0.5) is 0 Å². The van der Waals surface area contributed by atoms with Crippen LogP contribution in [-0.4, -0.2) is 91.8 Å². The summed E-state index contributed by atoms with van der Waals surface area (Å²) in [6.07, 6.45) is -0.163. The SMILES string of the molecule is Cc1ccc(S(=O)(=O)NC(N)=NCCC[C@H](NC(=O)CNC(=O)[C@@H](CCCN=C(N)NS(=O)(=O)c2ccc(C)cc2)NS(=O)(=O)Cc2ccccc2)C(=O)O)cc1. The van der Waals surface area contributed by atoms with Crippen LogP contribution in [0.5, 0.6) is 0 Å². The first-order valence-corrected chi connectivity index (χ1v) is 22.0. The normalized spacial score (nSPS) is 13.6. The number of aliphatic carboxylic acids is 1. The van der Waals surface area contributed by atoms with Gasteiger partial charge in [0.2, 0.25) is 33.8 Å². The number of benzene rings is 3. The van der Waals surface area contributed by atoms with Crippen molar-refractivity contribution in [1.29, 1.82) is 0 Å². The molecule has 0 heterocycles. The summed E-state index contributed by atoms with van der Waals surface area (Å²) in [7, 11) is -12.1. The molecule has 0 aliphatic heterocycles. The highest BCUT2D eigenvalue weighted by molar-refractivity contribution is 7.90. The van der Waals surface area contributed by atoms with Gasteiger partial charge < -0.3 is 27.2 Å². The zero-order chi connectivity index (χ0) is 42.2. The van der Waals surface area contributed by atoms with Crippen LogP contribution < -0.4 is 36.3 Å². The highest BCUT2D eigenvalue weighted by atomic mass is 32.2. The van der Waals surface area contributed by atoms with Crippen molar-refractivity contribution in [3.05, 3.63) is 95.6 Å². The fourth-order valence-electron chi connectivity index (χ4n) is 4.97. The second kappa shape index (κ2) is 21.1. The molecule has 3 rings (SSSR count). The third-order valence-electron chi connectivity index (χ3n) is 7.90. The van der Waals surface area contributed by atoms with E-state index in [1.165, 1.54) is 24.3 Å². The molecular formula is C35H47N9O10S3. The molecule has 0 spiro atoms. The van der Waals surface area contributed by atoms with Gasteiger partial charge in [0, 0.05) is 13.1 Å². The standard InChI is InChI=1S/C35H47N9O10S3/c1-24-12-16-27(17-13-24)56(51,52)43-34(36)38-20-6-10-29(42-55(49,50)23-26-8-4-3-5-9-26)32(46)40-22-31(45)41-30(33(47)48)11-7-21-39-35(37)44-57(53,54)28-18-14-25(2)15-19-28/h3-5,8-9,12-19,29-30,42H,6-7,10-11,20-23H2,1-2H3,(H,40,46)(H,41,45)(H,47,48)(H3,36,38,43)(H3,37,39,44)/t29-,30+/m1/s1. The number of carboxylic acid groups (broad SMARTS) is 1. The number of carboxylic acids is 1. The smallest absolute Gasteiger partial charge is 0.326 e. The Bertz CT molecular complexity index is 2240. The van der Waals surface area contributed by atoms with E-state index in [1.54, 1.807) is 68.4 Å². The van der Waals surface area contributed by atoms with Gasteiger partial charge in [0.25, 0.3) is 20.0 Å².